The van der Waals surface area contributed by atoms with E-state index in [1.165, 1.54) is 4.90 Å². The lowest BCUT2D eigenvalue weighted by atomic mass is 9.76. The summed E-state index contributed by atoms with van der Waals surface area (Å²) in [6, 6.07) is 5.05. The molecule has 1 aliphatic carbocycles. The van der Waals surface area contributed by atoms with Crippen LogP contribution in [0.2, 0.25) is 0 Å². The normalized spacial score (nSPS) is 34.1. The Labute approximate surface area is 182 Å². The molecule has 3 N–H and O–H groups in total. The summed E-state index contributed by atoms with van der Waals surface area (Å²) in [6.45, 7) is 3.66. The third-order valence-electron chi connectivity index (χ3n) is 7.87. The minimum absolute atomic E-state index is 0.106. The van der Waals surface area contributed by atoms with Crippen LogP contribution >= 0.6 is 0 Å². The Hall–Kier alpha value is -2.25. The number of amides is 3. The largest absolute Gasteiger partial charge is 0.392 e. The first-order valence-corrected chi connectivity index (χ1v) is 11.7. The average Bonchev–Trinajstić information content (AvgIpc) is 3.23. The number of hydrogen-bond acceptors (Lipinski definition) is 5. The van der Waals surface area contributed by atoms with Crippen molar-refractivity contribution in [1.82, 2.24) is 10.2 Å². The fraction of sp³-hybridized carbons (Fsp3) is 0.625. The SMILES string of the molecule is CCc1ccc2c(c1)[C@]1(N[C@@H]([C@@H](C)O)[C@H]3C(=O)N(C4CCCCCC4)C(=O)[C@H]31)C(=O)N2. The first kappa shape index (κ1) is 20.6. The van der Waals surface area contributed by atoms with E-state index in [1.807, 2.05) is 25.1 Å². The lowest BCUT2D eigenvalue weighted by Gasteiger charge is -2.32. The lowest BCUT2D eigenvalue weighted by Crippen LogP contribution is -2.55. The summed E-state index contributed by atoms with van der Waals surface area (Å²) in [5.74, 6) is -2.38. The van der Waals surface area contributed by atoms with Crippen LogP contribution in [0.1, 0.15) is 63.5 Å². The van der Waals surface area contributed by atoms with E-state index in [0.717, 1.165) is 56.1 Å². The first-order chi connectivity index (χ1) is 14.9. The minimum Gasteiger partial charge on any atom is -0.392 e. The number of carbonyl (C=O) groups is 3. The zero-order chi connectivity index (χ0) is 21.9. The van der Waals surface area contributed by atoms with Crippen LogP contribution in [-0.4, -0.2) is 45.9 Å². The van der Waals surface area contributed by atoms with Crippen molar-refractivity contribution in [1.29, 1.82) is 0 Å². The fourth-order valence-electron chi connectivity index (χ4n) is 6.31. The Morgan fingerprint density at radius 2 is 1.84 bits per heavy atom. The van der Waals surface area contributed by atoms with Crippen LogP contribution in [0.25, 0.3) is 0 Å². The first-order valence-electron chi connectivity index (χ1n) is 11.7. The van der Waals surface area contributed by atoms with Crippen molar-refractivity contribution in [3.05, 3.63) is 29.3 Å². The number of aryl methyl sites for hydroxylation is 1. The molecule has 1 aromatic carbocycles. The highest BCUT2D eigenvalue weighted by Gasteiger charge is 2.71. The van der Waals surface area contributed by atoms with Crippen molar-refractivity contribution in [2.75, 3.05) is 5.32 Å². The highest BCUT2D eigenvalue weighted by Crippen LogP contribution is 2.54. The number of benzene rings is 1. The number of aliphatic hydroxyl groups is 1. The number of anilines is 1. The Bertz CT molecular complexity index is 937. The van der Waals surface area contributed by atoms with Gasteiger partial charge in [-0.05, 0) is 37.8 Å². The molecule has 1 aromatic rings. The van der Waals surface area contributed by atoms with Crippen LogP contribution < -0.4 is 10.6 Å². The van der Waals surface area contributed by atoms with Crippen LogP contribution in [0.4, 0.5) is 5.69 Å². The van der Waals surface area contributed by atoms with Crippen LogP contribution in [0, 0.1) is 11.8 Å². The third kappa shape index (κ3) is 2.82. The van der Waals surface area contributed by atoms with E-state index in [0.29, 0.717) is 5.69 Å². The molecule has 0 aromatic heterocycles. The molecule has 3 aliphatic heterocycles. The summed E-state index contributed by atoms with van der Waals surface area (Å²) < 4.78 is 0. The van der Waals surface area contributed by atoms with Gasteiger partial charge in [-0.1, -0.05) is 44.7 Å². The van der Waals surface area contributed by atoms with Gasteiger partial charge >= 0.3 is 0 Å². The number of fused-ring (bicyclic) bond motifs is 4. The minimum atomic E-state index is -1.32. The molecule has 3 heterocycles. The third-order valence-corrected chi connectivity index (χ3v) is 7.87. The van der Waals surface area contributed by atoms with E-state index in [-0.39, 0.29) is 23.8 Å². The van der Waals surface area contributed by atoms with Gasteiger partial charge in [0.25, 0.3) is 0 Å². The van der Waals surface area contributed by atoms with Crippen LogP contribution in [-0.2, 0) is 26.3 Å². The lowest BCUT2D eigenvalue weighted by molar-refractivity contribution is -0.146. The zero-order valence-electron chi connectivity index (χ0n) is 18.2. The molecule has 3 fully saturated rings. The van der Waals surface area contributed by atoms with Gasteiger partial charge in [0, 0.05) is 23.3 Å². The van der Waals surface area contributed by atoms with E-state index >= 15 is 0 Å². The van der Waals surface area contributed by atoms with E-state index in [2.05, 4.69) is 10.6 Å². The van der Waals surface area contributed by atoms with Crippen LogP contribution in [0.3, 0.4) is 0 Å². The van der Waals surface area contributed by atoms with Crippen LogP contribution in [0.15, 0.2) is 18.2 Å². The molecular formula is C24H31N3O4. The number of aliphatic hydroxyl groups excluding tert-OH is 1. The van der Waals surface area contributed by atoms with Gasteiger partial charge in [0.2, 0.25) is 17.7 Å². The molecule has 3 amide bonds. The number of nitrogens with zero attached hydrogens (tertiary/aromatic N) is 1. The fourth-order valence-corrected chi connectivity index (χ4v) is 6.31. The topological polar surface area (TPSA) is 98.7 Å². The van der Waals surface area contributed by atoms with Crippen molar-refractivity contribution in [2.24, 2.45) is 11.8 Å². The van der Waals surface area contributed by atoms with Gasteiger partial charge in [-0.2, -0.15) is 0 Å². The predicted octanol–water partition coefficient (Wildman–Crippen LogP) is 2.07. The summed E-state index contributed by atoms with van der Waals surface area (Å²) in [5.41, 5.74) is 1.14. The van der Waals surface area contributed by atoms with Gasteiger partial charge in [-0.15, -0.1) is 0 Å². The van der Waals surface area contributed by atoms with Crippen molar-refractivity contribution in [2.45, 2.75) is 82.5 Å². The zero-order valence-corrected chi connectivity index (χ0v) is 18.2. The van der Waals surface area contributed by atoms with Gasteiger partial charge in [-0.3, -0.25) is 24.6 Å². The second-order valence-corrected chi connectivity index (χ2v) is 9.60. The predicted molar refractivity (Wildman–Crippen MR) is 115 cm³/mol. The summed E-state index contributed by atoms with van der Waals surface area (Å²) in [5, 5.41) is 16.8. The van der Waals surface area contributed by atoms with Gasteiger partial charge in [-0.25, -0.2) is 0 Å². The molecule has 0 unspecified atom stereocenters. The number of hydrogen-bond donors (Lipinski definition) is 3. The molecule has 0 bridgehead atoms. The second-order valence-electron chi connectivity index (χ2n) is 9.60. The summed E-state index contributed by atoms with van der Waals surface area (Å²) in [7, 11) is 0. The molecule has 166 valence electrons. The maximum Gasteiger partial charge on any atom is 0.250 e. The van der Waals surface area contributed by atoms with E-state index in [4.69, 9.17) is 0 Å². The number of carbonyl (C=O) groups excluding carboxylic acids is 3. The monoisotopic (exact) mass is 425 g/mol. The number of rotatable bonds is 3. The molecule has 5 rings (SSSR count). The molecule has 0 radical (unpaired) electrons. The highest BCUT2D eigenvalue weighted by atomic mass is 16.3. The highest BCUT2D eigenvalue weighted by molar-refractivity contribution is 6.15. The maximum atomic E-state index is 13.9. The van der Waals surface area contributed by atoms with Gasteiger partial charge in [0.15, 0.2) is 0 Å². The Morgan fingerprint density at radius 1 is 1.13 bits per heavy atom. The summed E-state index contributed by atoms with van der Waals surface area (Å²) in [6.07, 6.45) is 5.82. The number of nitrogens with one attached hydrogen (secondary N) is 2. The molecule has 1 saturated carbocycles. The maximum absolute atomic E-state index is 13.9. The van der Waals surface area contributed by atoms with Crippen molar-refractivity contribution < 1.29 is 19.5 Å². The standard InChI is InChI=1S/C24H31N3O4/c1-3-14-10-11-17-16(12-14)24(23(31)25-17)19-18(20(26-24)13(2)28)21(29)27(22(19)30)15-8-6-4-5-7-9-15/h10-13,15,18-20,26,28H,3-9H2,1-2H3,(H,25,31)/t13-,18+,19+,20+,24-/m1/s1. The van der Waals surface area contributed by atoms with E-state index in [1.54, 1.807) is 6.92 Å². The molecule has 4 aliphatic rings. The van der Waals surface area contributed by atoms with Gasteiger partial charge in [0.05, 0.1) is 17.9 Å². The Kier molecular flexibility index (Phi) is 4.94. The van der Waals surface area contributed by atoms with Crippen molar-refractivity contribution in [3.63, 3.8) is 0 Å². The molecule has 2 saturated heterocycles. The second kappa shape index (κ2) is 7.41. The quantitative estimate of drug-likeness (QED) is 0.509. The van der Waals surface area contributed by atoms with Gasteiger partial charge in [0.1, 0.15) is 5.54 Å². The molecule has 7 heteroatoms. The number of imide groups is 1. The molecule has 31 heavy (non-hydrogen) atoms. The molecular weight excluding hydrogens is 394 g/mol. The van der Waals surface area contributed by atoms with Crippen LogP contribution in [0.5, 0.6) is 0 Å². The molecule has 5 atom stereocenters. The average molecular weight is 426 g/mol. The van der Waals surface area contributed by atoms with Crippen molar-refractivity contribution >= 4 is 23.4 Å². The summed E-state index contributed by atoms with van der Waals surface area (Å²) in [4.78, 5) is 42.4. The van der Waals surface area contributed by atoms with Gasteiger partial charge < -0.3 is 10.4 Å². The number of likely N-dealkylation sites (tertiary alicyclic amines) is 1. The van der Waals surface area contributed by atoms with E-state index in [9.17, 15) is 19.5 Å². The Balaban J connectivity index is 1.63. The molecule has 7 nitrogen and oxygen atoms in total. The van der Waals surface area contributed by atoms with E-state index < -0.39 is 29.5 Å². The van der Waals surface area contributed by atoms with Crippen molar-refractivity contribution in [3.8, 4) is 0 Å². The molecule has 1 spiro atoms. The Morgan fingerprint density at radius 3 is 2.48 bits per heavy atom. The summed E-state index contributed by atoms with van der Waals surface area (Å²) >= 11 is 0. The smallest absolute Gasteiger partial charge is 0.250 e.